The van der Waals surface area contributed by atoms with Gasteiger partial charge in [0.05, 0.1) is 0 Å². The van der Waals surface area contributed by atoms with Crippen molar-refractivity contribution in [3.63, 3.8) is 0 Å². The van der Waals surface area contributed by atoms with E-state index >= 15 is 0 Å². The van der Waals surface area contributed by atoms with E-state index in [1.165, 1.54) is 29.5 Å². The summed E-state index contributed by atoms with van der Waals surface area (Å²) in [6.45, 7) is 0. The molecule has 23 heavy (non-hydrogen) atoms. The van der Waals surface area contributed by atoms with Crippen molar-refractivity contribution in [2.24, 2.45) is 17.3 Å². The zero-order valence-electron chi connectivity index (χ0n) is 13.2. The van der Waals surface area contributed by atoms with Gasteiger partial charge in [-0.15, -0.1) is 0 Å². The summed E-state index contributed by atoms with van der Waals surface area (Å²) in [6.07, 6.45) is 9.02. The molecule has 114 valence electrons. The highest BCUT2D eigenvalue weighted by Crippen LogP contribution is 2.58. The van der Waals surface area contributed by atoms with Crippen LogP contribution in [0, 0.1) is 17.3 Å². The molecule has 5 rings (SSSR count). The molecule has 2 aromatic carbocycles. The minimum atomic E-state index is 0.189. The second-order valence-corrected chi connectivity index (χ2v) is 7.53. The van der Waals surface area contributed by atoms with E-state index in [-0.39, 0.29) is 5.41 Å². The van der Waals surface area contributed by atoms with E-state index in [1.54, 1.807) is 0 Å². The molecule has 3 aliphatic rings. The molecule has 1 nitrogen and oxygen atoms in total. The molecule has 1 saturated carbocycles. The molecule has 3 unspecified atom stereocenters. The van der Waals surface area contributed by atoms with E-state index in [2.05, 4.69) is 42.5 Å². The van der Waals surface area contributed by atoms with Gasteiger partial charge in [-0.1, -0.05) is 60.7 Å². The third kappa shape index (κ3) is 1.89. The highest BCUT2D eigenvalue weighted by molar-refractivity contribution is 6.01. The van der Waals surface area contributed by atoms with E-state index in [9.17, 15) is 4.79 Å². The van der Waals surface area contributed by atoms with E-state index in [4.69, 9.17) is 0 Å². The van der Waals surface area contributed by atoms with Gasteiger partial charge >= 0.3 is 0 Å². The van der Waals surface area contributed by atoms with Gasteiger partial charge in [-0.25, -0.2) is 0 Å². The molecular weight excluding hydrogens is 280 g/mol. The maximum atomic E-state index is 12.9. The molecule has 2 bridgehead atoms. The van der Waals surface area contributed by atoms with Crippen LogP contribution >= 0.6 is 0 Å². The maximum absolute atomic E-state index is 12.9. The van der Waals surface area contributed by atoms with Crippen molar-refractivity contribution in [1.82, 2.24) is 0 Å². The Bertz CT molecular complexity index is 817. The Kier molecular flexibility index (Phi) is 2.70. The smallest absolute Gasteiger partial charge is 0.163 e. The minimum Gasteiger partial charge on any atom is -0.294 e. The number of hydrogen-bond donors (Lipinski definition) is 0. The summed E-state index contributed by atoms with van der Waals surface area (Å²) < 4.78 is 0. The molecule has 0 saturated heterocycles. The highest BCUT2D eigenvalue weighted by Gasteiger charge is 2.51. The zero-order chi connectivity index (χ0) is 15.4. The van der Waals surface area contributed by atoms with E-state index in [0.717, 1.165) is 18.4 Å². The van der Waals surface area contributed by atoms with Crippen molar-refractivity contribution in [2.45, 2.75) is 25.7 Å². The van der Waals surface area contributed by atoms with Gasteiger partial charge < -0.3 is 0 Å². The van der Waals surface area contributed by atoms with Gasteiger partial charge in [0, 0.05) is 12.0 Å². The Morgan fingerprint density at radius 3 is 2.43 bits per heavy atom. The van der Waals surface area contributed by atoms with E-state index < -0.39 is 0 Å². The van der Waals surface area contributed by atoms with Crippen molar-refractivity contribution in [3.8, 4) is 11.1 Å². The quantitative estimate of drug-likeness (QED) is 0.672. The monoisotopic (exact) mass is 300 g/mol. The average Bonchev–Trinajstić information content (AvgIpc) is 3.16. The second kappa shape index (κ2) is 4.67. The summed E-state index contributed by atoms with van der Waals surface area (Å²) in [5.74, 6) is 1.66. The van der Waals surface area contributed by atoms with Crippen molar-refractivity contribution in [2.75, 3.05) is 0 Å². The lowest BCUT2D eigenvalue weighted by Crippen LogP contribution is -2.36. The summed E-state index contributed by atoms with van der Waals surface area (Å²) in [4.78, 5) is 12.9. The number of rotatable bonds is 1. The van der Waals surface area contributed by atoms with Gasteiger partial charge in [-0.05, 0) is 53.2 Å². The Morgan fingerprint density at radius 2 is 1.70 bits per heavy atom. The molecule has 0 amide bonds. The number of hydrogen-bond acceptors (Lipinski definition) is 1. The SMILES string of the molecule is O=C1CC2(Cc3c1cccc3-c1ccccc1)CC1C=CC2C1. The zero-order valence-corrected chi connectivity index (χ0v) is 13.2. The first-order chi connectivity index (χ1) is 11.3. The average molecular weight is 300 g/mol. The highest BCUT2D eigenvalue weighted by atomic mass is 16.1. The van der Waals surface area contributed by atoms with Gasteiger partial charge in [0.15, 0.2) is 5.78 Å². The van der Waals surface area contributed by atoms with Crippen LogP contribution < -0.4 is 0 Å². The van der Waals surface area contributed by atoms with Gasteiger partial charge in [0.1, 0.15) is 0 Å². The first-order valence-electron chi connectivity index (χ1n) is 8.64. The van der Waals surface area contributed by atoms with Crippen LogP contribution in [-0.2, 0) is 6.42 Å². The molecule has 0 N–H and O–H groups in total. The molecule has 0 radical (unpaired) electrons. The second-order valence-electron chi connectivity index (χ2n) is 7.53. The van der Waals surface area contributed by atoms with Crippen LogP contribution in [0.3, 0.4) is 0 Å². The van der Waals surface area contributed by atoms with Crippen LogP contribution in [-0.4, -0.2) is 5.78 Å². The number of carbonyl (C=O) groups is 1. The molecule has 0 aliphatic heterocycles. The van der Waals surface area contributed by atoms with E-state index in [0.29, 0.717) is 17.6 Å². The molecule has 1 heteroatoms. The van der Waals surface area contributed by atoms with E-state index in [1.807, 2.05) is 18.2 Å². The predicted octanol–water partition coefficient (Wildman–Crippen LogP) is 5.06. The first-order valence-corrected chi connectivity index (χ1v) is 8.64. The van der Waals surface area contributed by atoms with Crippen molar-refractivity contribution >= 4 is 5.78 Å². The number of benzene rings is 2. The maximum Gasteiger partial charge on any atom is 0.163 e. The standard InChI is InChI=1S/C22H20O/c23-21-14-22(12-15-9-10-17(22)11-15)13-20-18(7-4-8-19(20)21)16-5-2-1-3-6-16/h1-10,15,17H,11-14H2. The third-order valence-corrected chi connectivity index (χ3v) is 6.23. The van der Waals surface area contributed by atoms with Gasteiger partial charge in [0.2, 0.25) is 0 Å². The summed E-state index contributed by atoms with van der Waals surface area (Å²) in [7, 11) is 0. The Morgan fingerprint density at radius 1 is 0.870 bits per heavy atom. The molecular formula is C22H20O. The third-order valence-electron chi connectivity index (χ3n) is 6.23. The van der Waals surface area contributed by atoms with Gasteiger partial charge in [0.25, 0.3) is 0 Å². The number of Topliss-reactive ketones (excluding diaryl/α,β-unsaturated/α-hetero) is 1. The first kappa shape index (κ1) is 13.3. The van der Waals surface area contributed by atoms with Crippen LogP contribution in [0.25, 0.3) is 11.1 Å². The summed E-state index contributed by atoms with van der Waals surface area (Å²) in [5.41, 5.74) is 4.92. The lowest BCUT2D eigenvalue weighted by Gasteiger charge is -2.40. The van der Waals surface area contributed by atoms with Crippen LogP contribution in [0.4, 0.5) is 0 Å². The number of allylic oxidation sites excluding steroid dienone is 2. The number of carbonyl (C=O) groups excluding carboxylic acids is 1. The van der Waals surface area contributed by atoms with Crippen LogP contribution in [0.1, 0.15) is 35.2 Å². The Hall–Kier alpha value is -2.15. The van der Waals surface area contributed by atoms with Crippen molar-refractivity contribution in [1.29, 1.82) is 0 Å². The fourth-order valence-electron chi connectivity index (χ4n) is 5.22. The Balaban J connectivity index is 1.66. The molecule has 0 heterocycles. The summed E-state index contributed by atoms with van der Waals surface area (Å²) in [5, 5.41) is 0. The van der Waals surface area contributed by atoms with Gasteiger partial charge in [-0.3, -0.25) is 4.79 Å². The number of fused-ring (bicyclic) bond motifs is 4. The summed E-state index contributed by atoms with van der Waals surface area (Å²) >= 11 is 0. The molecule has 3 aliphatic carbocycles. The van der Waals surface area contributed by atoms with Crippen molar-refractivity contribution in [3.05, 3.63) is 71.8 Å². The topological polar surface area (TPSA) is 17.1 Å². The van der Waals surface area contributed by atoms with Crippen LogP contribution in [0.2, 0.25) is 0 Å². The largest absolute Gasteiger partial charge is 0.294 e. The fourth-order valence-corrected chi connectivity index (χ4v) is 5.22. The Labute approximate surface area is 137 Å². The molecule has 2 aromatic rings. The number of ketones is 1. The normalized spacial score (nSPS) is 30.9. The molecule has 3 atom stereocenters. The van der Waals surface area contributed by atoms with Crippen molar-refractivity contribution < 1.29 is 4.79 Å². The predicted molar refractivity (Wildman–Crippen MR) is 92.3 cm³/mol. The van der Waals surface area contributed by atoms with Crippen LogP contribution in [0.15, 0.2) is 60.7 Å². The molecule has 1 spiro atoms. The van der Waals surface area contributed by atoms with Gasteiger partial charge in [-0.2, -0.15) is 0 Å². The summed E-state index contributed by atoms with van der Waals surface area (Å²) in [6, 6.07) is 16.8. The fraction of sp³-hybridized carbons (Fsp3) is 0.318. The van der Waals surface area contributed by atoms with Crippen LogP contribution in [0.5, 0.6) is 0 Å². The molecule has 0 aromatic heterocycles. The lowest BCUT2D eigenvalue weighted by atomic mass is 9.63. The lowest BCUT2D eigenvalue weighted by molar-refractivity contribution is 0.0849. The molecule has 1 fully saturated rings. The minimum absolute atomic E-state index is 0.189.